The fourth-order valence-corrected chi connectivity index (χ4v) is 3.44. The summed E-state index contributed by atoms with van der Waals surface area (Å²) < 4.78 is 7.15. The van der Waals surface area contributed by atoms with E-state index < -0.39 is 0 Å². The van der Waals surface area contributed by atoms with E-state index in [0.29, 0.717) is 17.4 Å². The lowest BCUT2D eigenvalue weighted by atomic mass is 10.0. The molecule has 2 fully saturated rings. The lowest BCUT2D eigenvalue weighted by Gasteiger charge is -2.16. The highest BCUT2D eigenvalue weighted by molar-refractivity contribution is 5.93. The van der Waals surface area contributed by atoms with Crippen molar-refractivity contribution >= 4 is 11.6 Å². The summed E-state index contributed by atoms with van der Waals surface area (Å²) in [5.74, 6) is 1.74. The standard InChI is InChI=1S/C17H22N6O2/c1-25-15-8-7-11(19-17(24)12-3-2-4-13(12)18)9-14(15)23-16(10-5-6-10)20-21-22-23/h7-10,12-13H,2-6,18H2,1H3,(H,19,24)/t12-,13+/m1/s1. The first-order chi connectivity index (χ1) is 12.2. The van der Waals surface area contributed by atoms with Crippen molar-refractivity contribution in [3.63, 3.8) is 0 Å². The highest BCUT2D eigenvalue weighted by Gasteiger charge is 2.32. The third kappa shape index (κ3) is 3.09. The van der Waals surface area contributed by atoms with Crippen LogP contribution in [0.3, 0.4) is 0 Å². The molecular formula is C17H22N6O2. The van der Waals surface area contributed by atoms with Crippen LogP contribution in [0.1, 0.15) is 43.8 Å². The zero-order valence-electron chi connectivity index (χ0n) is 14.2. The van der Waals surface area contributed by atoms with E-state index in [1.807, 2.05) is 18.2 Å². The summed E-state index contributed by atoms with van der Waals surface area (Å²) in [6.07, 6.45) is 4.94. The van der Waals surface area contributed by atoms with Crippen LogP contribution in [0.4, 0.5) is 5.69 Å². The van der Waals surface area contributed by atoms with E-state index in [0.717, 1.165) is 43.6 Å². The minimum Gasteiger partial charge on any atom is -0.494 e. The first-order valence-electron chi connectivity index (χ1n) is 8.70. The summed E-state index contributed by atoms with van der Waals surface area (Å²) in [6.45, 7) is 0. The average molecular weight is 342 g/mol. The van der Waals surface area contributed by atoms with Crippen LogP contribution in [-0.4, -0.2) is 39.3 Å². The third-order valence-corrected chi connectivity index (χ3v) is 5.02. The van der Waals surface area contributed by atoms with Gasteiger partial charge in [0.2, 0.25) is 5.91 Å². The molecule has 4 rings (SSSR count). The number of benzene rings is 1. The van der Waals surface area contributed by atoms with E-state index in [1.54, 1.807) is 11.8 Å². The number of nitrogens with zero attached hydrogens (tertiary/aromatic N) is 4. The number of tetrazole rings is 1. The van der Waals surface area contributed by atoms with Crippen molar-refractivity contribution in [3.8, 4) is 11.4 Å². The summed E-state index contributed by atoms with van der Waals surface area (Å²) in [5.41, 5.74) is 7.45. The van der Waals surface area contributed by atoms with Crippen molar-refractivity contribution in [2.24, 2.45) is 11.7 Å². The van der Waals surface area contributed by atoms with Gasteiger partial charge in [-0.1, -0.05) is 6.42 Å². The zero-order chi connectivity index (χ0) is 17.4. The zero-order valence-corrected chi connectivity index (χ0v) is 14.2. The molecule has 1 heterocycles. The summed E-state index contributed by atoms with van der Waals surface area (Å²) in [5, 5.41) is 15.0. The Balaban J connectivity index is 1.62. The van der Waals surface area contributed by atoms with Crippen LogP contribution >= 0.6 is 0 Å². The predicted molar refractivity (Wildman–Crippen MR) is 91.6 cm³/mol. The quantitative estimate of drug-likeness (QED) is 0.855. The number of amides is 1. The number of nitrogens with one attached hydrogen (secondary N) is 1. The van der Waals surface area contributed by atoms with Crippen molar-refractivity contribution < 1.29 is 9.53 Å². The molecule has 2 aromatic rings. The fraction of sp³-hybridized carbons (Fsp3) is 0.529. The van der Waals surface area contributed by atoms with Crippen LogP contribution in [0.2, 0.25) is 0 Å². The Morgan fingerprint density at radius 3 is 2.84 bits per heavy atom. The minimum absolute atomic E-state index is 0.0275. The Labute approximate surface area is 145 Å². The van der Waals surface area contributed by atoms with E-state index in [2.05, 4.69) is 20.8 Å². The Bertz CT molecular complexity index is 785. The number of nitrogens with two attached hydrogens (primary N) is 1. The summed E-state index contributed by atoms with van der Waals surface area (Å²) in [7, 11) is 1.61. The van der Waals surface area contributed by atoms with Crippen LogP contribution in [0.25, 0.3) is 5.69 Å². The van der Waals surface area contributed by atoms with Crippen molar-refractivity contribution in [3.05, 3.63) is 24.0 Å². The van der Waals surface area contributed by atoms with Crippen LogP contribution in [0.5, 0.6) is 5.75 Å². The van der Waals surface area contributed by atoms with Gasteiger partial charge >= 0.3 is 0 Å². The predicted octanol–water partition coefficient (Wildman–Crippen LogP) is 1.61. The lowest BCUT2D eigenvalue weighted by molar-refractivity contribution is -0.120. The molecule has 8 nitrogen and oxygen atoms in total. The summed E-state index contributed by atoms with van der Waals surface area (Å²) in [6, 6.07) is 5.43. The fourth-order valence-electron chi connectivity index (χ4n) is 3.44. The number of anilines is 1. The SMILES string of the molecule is COc1ccc(NC(=O)[C@@H]2CCC[C@@H]2N)cc1-n1nnnc1C1CC1. The Kier molecular flexibility index (Phi) is 4.12. The monoisotopic (exact) mass is 342 g/mol. The maximum atomic E-state index is 12.5. The first kappa shape index (κ1) is 16.0. The van der Waals surface area contributed by atoms with E-state index in [1.165, 1.54) is 0 Å². The summed E-state index contributed by atoms with van der Waals surface area (Å²) in [4.78, 5) is 12.5. The van der Waals surface area contributed by atoms with E-state index >= 15 is 0 Å². The van der Waals surface area contributed by atoms with Crippen molar-refractivity contribution in [2.75, 3.05) is 12.4 Å². The number of hydrogen-bond donors (Lipinski definition) is 2. The number of carbonyl (C=O) groups is 1. The van der Waals surface area contributed by atoms with Crippen molar-refractivity contribution in [1.82, 2.24) is 20.2 Å². The van der Waals surface area contributed by atoms with Gasteiger partial charge in [0.15, 0.2) is 5.82 Å². The lowest BCUT2D eigenvalue weighted by Crippen LogP contribution is -2.34. The van der Waals surface area contributed by atoms with Gasteiger partial charge in [-0.3, -0.25) is 4.79 Å². The smallest absolute Gasteiger partial charge is 0.229 e. The van der Waals surface area contributed by atoms with Gasteiger partial charge in [0.25, 0.3) is 0 Å². The van der Waals surface area contributed by atoms with Crippen LogP contribution in [0, 0.1) is 5.92 Å². The molecule has 2 aliphatic rings. The third-order valence-electron chi connectivity index (χ3n) is 5.02. The molecule has 0 spiro atoms. The second-order valence-electron chi connectivity index (χ2n) is 6.80. The van der Waals surface area contributed by atoms with Gasteiger partial charge < -0.3 is 15.8 Å². The van der Waals surface area contributed by atoms with Gasteiger partial charge in [0, 0.05) is 17.6 Å². The molecule has 2 aliphatic carbocycles. The molecule has 1 amide bonds. The minimum atomic E-state index is -0.124. The normalized spacial score (nSPS) is 22.8. The molecule has 1 aromatic carbocycles. The second kappa shape index (κ2) is 6.44. The van der Waals surface area contributed by atoms with Gasteiger partial charge in [-0.25, -0.2) is 0 Å². The van der Waals surface area contributed by atoms with Crippen molar-refractivity contribution in [1.29, 1.82) is 0 Å². The molecule has 2 saturated carbocycles. The molecule has 0 aliphatic heterocycles. The molecular weight excluding hydrogens is 320 g/mol. The number of aromatic nitrogens is 4. The molecule has 2 atom stereocenters. The number of carbonyl (C=O) groups excluding carboxylic acids is 1. The molecule has 1 aromatic heterocycles. The first-order valence-corrected chi connectivity index (χ1v) is 8.70. The number of rotatable bonds is 5. The van der Waals surface area contributed by atoms with E-state index in [-0.39, 0.29) is 17.9 Å². The highest BCUT2D eigenvalue weighted by atomic mass is 16.5. The molecule has 0 bridgehead atoms. The second-order valence-corrected chi connectivity index (χ2v) is 6.80. The summed E-state index contributed by atoms with van der Waals surface area (Å²) >= 11 is 0. The number of methoxy groups -OCH3 is 1. The van der Waals surface area contributed by atoms with Crippen LogP contribution in [0.15, 0.2) is 18.2 Å². The Morgan fingerprint density at radius 2 is 2.16 bits per heavy atom. The largest absolute Gasteiger partial charge is 0.494 e. The van der Waals surface area contributed by atoms with Gasteiger partial charge in [-0.05, 0) is 54.3 Å². The molecule has 0 radical (unpaired) electrons. The van der Waals surface area contributed by atoms with Crippen LogP contribution in [-0.2, 0) is 4.79 Å². The van der Waals surface area contributed by atoms with Gasteiger partial charge in [0.1, 0.15) is 11.4 Å². The Hall–Kier alpha value is -2.48. The molecule has 132 valence electrons. The molecule has 0 saturated heterocycles. The molecule has 3 N–H and O–H groups in total. The van der Waals surface area contributed by atoms with Gasteiger partial charge in [-0.2, -0.15) is 4.68 Å². The maximum absolute atomic E-state index is 12.5. The Morgan fingerprint density at radius 1 is 1.32 bits per heavy atom. The molecule has 8 heteroatoms. The number of hydrogen-bond acceptors (Lipinski definition) is 6. The topological polar surface area (TPSA) is 108 Å². The molecule has 25 heavy (non-hydrogen) atoms. The van der Waals surface area contributed by atoms with Crippen LogP contribution < -0.4 is 15.8 Å². The average Bonchev–Trinajstić information content (AvgIpc) is 3.17. The molecule has 0 unspecified atom stereocenters. The van der Waals surface area contributed by atoms with Gasteiger partial charge in [0.05, 0.1) is 13.0 Å². The highest BCUT2D eigenvalue weighted by Crippen LogP contribution is 2.40. The van der Waals surface area contributed by atoms with E-state index in [4.69, 9.17) is 10.5 Å². The number of ether oxygens (including phenoxy) is 1. The van der Waals surface area contributed by atoms with E-state index in [9.17, 15) is 4.79 Å². The maximum Gasteiger partial charge on any atom is 0.229 e. The van der Waals surface area contributed by atoms with Gasteiger partial charge in [-0.15, -0.1) is 5.10 Å². The van der Waals surface area contributed by atoms with Crippen molar-refractivity contribution in [2.45, 2.75) is 44.1 Å².